The third kappa shape index (κ3) is 3.31. The minimum atomic E-state index is -0.835. The van der Waals surface area contributed by atoms with Crippen molar-refractivity contribution in [3.8, 4) is 5.69 Å². The molecule has 1 aromatic heterocycles. The highest BCUT2D eigenvalue weighted by Gasteiger charge is 2.35. The lowest BCUT2D eigenvalue weighted by Crippen LogP contribution is -2.48. The number of aromatic nitrogens is 2. The van der Waals surface area contributed by atoms with Crippen molar-refractivity contribution in [3.63, 3.8) is 0 Å². The number of carboxylic acid groups (broad SMARTS) is 1. The van der Waals surface area contributed by atoms with Crippen molar-refractivity contribution in [3.05, 3.63) is 42.3 Å². The molecule has 1 aliphatic rings. The summed E-state index contributed by atoms with van der Waals surface area (Å²) in [4.78, 5) is 22.7. The average molecular weight is 318 g/mol. The number of carboxylic acids is 1. The van der Waals surface area contributed by atoms with E-state index in [4.69, 9.17) is 5.11 Å². The fourth-order valence-electron chi connectivity index (χ4n) is 2.46. The minimum absolute atomic E-state index is 0.140. The number of urea groups is 1. The predicted octanol–water partition coefficient (Wildman–Crippen LogP) is 2.00. The second-order valence-electron chi connectivity index (χ2n) is 5.41. The maximum absolute atomic E-state index is 13.0. The Kier molecular flexibility index (Phi) is 3.96. The van der Waals surface area contributed by atoms with E-state index in [2.05, 4.69) is 15.7 Å². The van der Waals surface area contributed by atoms with Crippen LogP contribution in [0.5, 0.6) is 0 Å². The summed E-state index contributed by atoms with van der Waals surface area (Å²) in [5.41, 5.74) is 0.612. The highest BCUT2D eigenvalue weighted by molar-refractivity contribution is 5.89. The number of carbonyl (C=O) groups is 2. The quantitative estimate of drug-likeness (QED) is 0.803. The van der Waals surface area contributed by atoms with E-state index < -0.39 is 12.0 Å². The molecule has 0 aliphatic heterocycles. The Morgan fingerprint density at radius 2 is 1.91 bits per heavy atom. The van der Waals surface area contributed by atoms with Crippen molar-refractivity contribution < 1.29 is 19.1 Å². The zero-order valence-electron chi connectivity index (χ0n) is 12.1. The molecule has 0 radical (unpaired) electrons. The summed E-state index contributed by atoms with van der Waals surface area (Å²) in [6, 6.07) is 6.76. The first-order chi connectivity index (χ1) is 11.0. The molecule has 2 aromatic rings. The van der Waals surface area contributed by atoms with Gasteiger partial charge in [0.25, 0.3) is 0 Å². The second-order valence-corrected chi connectivity index (χ2v) is 5.41. The van der Waals surface area contributed by atoms with Gasteiger partial charge in [0.15, 0.2) is 0 Å². The smallest absolute Gasteiger partial charge is 0.320 e. The number of nitrogens with one attached hydrogen (secondary N) is 2. The zero-order valence-corrected chi connectivity index (χ0v) is 12.1. The van der Waals surface area contributed by atoms with E-state index in [-0.39, 0.29) is 17.8 Å². The fraction of sp³-hybridized carbons (Fsp3) is 0.267. The first-order valence-corrected chi connectivity index (χ1v) is 7.13. The van der Waals surface area contributed by atoms with Gasteiger partial charge in [-0.1, -0.05) is 0 Å². The van der Waals surface area contributed by atoms with Crippen LogP contribution in [0.25, 0.3) is 5.69 Å². The lowest BCUT2D eigenvalue weighted by atomic mass is 9.80. The lowest BCUT2D eigenvalue weighted by molar-refractivity contribution is -0.145. The van der Waals surface area contributed by atoms with Crippen molar-refractivity contribution in [2.75, 3.05) is 5.32 Å². The van der Waals surface area contributed by atoms with Crippen LogP contribution in [0.2, 0.25) is 0 Å². The monoisotopic (exact) mass is 318 g/mol. The number of anilines is 1. The van der Waals surface area contributed by atoms with Gasteiger partial charge in [-0.3, -0.25) is 10.1 Å². The molecular formula is C15H15FN4O3. The number of carbonyl (C=O) groups excluding carboxylic acids is 1. The molecule has 1 heterocycles. The topological polar surface area (TPSA) is 96.3 Å². The molecule has 1 aromatic carbocycles. The molecule has 8 heteroatoms. The van der Waals surface area contributed by atoms with Crippen LogP contribution in [0.3, 0.4) is 0 Å². The maximum Gasteiger partial charge on any atom is 0.320 e. The molecule has 1 saturated carbocycles. The number of halogens is 1. The third-order valence-corrected chi connectivity index (χ3v) is 3.78. The van der Waals surface area contributed by atoms with Gasteiger partial charge in [-0.05, 0) is 37.1 Å². The van der Waals surface area contributed by atoms with Crippen LogP contribution in [-0.2, 0) is 4.79 Å². The van der Waals surface area contributed by atoms with E-state index >= 15 is 0 Å². The van der Waals surface area contributed by atoms with Gasteiger partial charge in [-0.2, -0.15) is 5.10 Å². The van der Waals surface area contributed by atoms with Gasteiger partial charge in [0.2, 0.25) is 0 Å². The van der Waals surface area contributed by atoms with E-state index in [0.29, 0.717) is 24.3 Å². The Balaban J connectivity index is 1.61. The maximum atomic E-state index is 13.0. The SMILES string of the molecule is O=C(Nc1ccnn1-c1ccc(F)cc1)NC1CC(C(=O)O)C1. The van der Waals surface area contributed by atoms with Crippen LogP contribution in [0.4, 0.5) is 15.0 Å². The number of hydrogen-bond donors (Lipinski definition) is 3. The van der Waals surface area contributed by atoms with E-state index in [1.165, 1.54) is 23.0 Å². The highest BCUT2D eigenvalue weighted by Crippen LogP contribution is 2.27. The lowest BCUT2D eigenvalue weighted by Gasteiger charge is -2.32. The number of benzene rings is 1. The molecule has 0 spiro atoms. The molecule has 0 bridgehead atoms. The third-order valence-electron chi connectivity index (χ3n) is 3.78. The van der Waals surface area contributed by atoms with Crippen LogP contribution in [0, 0.1) is 11.7 Å². The second kappa shape index (κ2) is 6.07. The summed E-state index contributed by atoms with van der Waals surface area (Å²) in [6.45, 7) is 0. The van der Waals surface area contributed by atoms with Crippen LogP contribution in [-0.4, -0.2) is 32.9 Å². The number of nitrogens with zero attached hydrogens (tertiary/aromatic N) is 2. The standard InChI is InChI=1S/C15H15FN4O3/c16-10-1-3-12(4-2-10)20-13(5-6-17-20)19-15(23)18-11-7-9(8-11)14(21)22/h1-6,9,11H,7-8H2,(H,21,22)(H2,18,19,23). The summed E-state index contributed by atoms with van der Waals surface area (Å²) in [7, 11) is 0. The van der Waals surface area contributed by atoms with Crippen molar-refractivity contribution in [1.29, 1.82) is 0 Å². The van der Waals surface area contributed by atoms with Crippen LogP contribution < -0.4 is 10.6 Å². The van der Waals surface area contributed by atoms with Crippen molar-refractivity contribution >= 4 is 17.8 Å². The molecule has 0 unspecified atom stereocenters. The Bertz CT molecular complexity index is 723. The van der Waals surface area contributed by atoms with E-state index in [0.717, 1.165) is 0 Å². The Hall–Kier alpha value is -2.90. The average Bonchev–Trinajstić information content (AvgIpc) is 2.91. The summed E-state index contributed by atoms with van der Waals surface area (Å²) in [5, 5.41) is 18.3. The van der Waals surface area contributed by atoms with Gasteiger partial charge >= 0.3 is 12.0 Å². The summed E-state index contributed by atoms with van der Waals surface area (Å²) < 4.78 is 14.4. The molecule has 23 heavy (non-hydrogen) atoms. The summed E-state index contributed by atoms with van der Waals surface area (Å²) in [5.74, 6) is -1.14. The number of hydrogen-bond acceptors (Lipinski definition) is 3. The first-order valence-electron chi connectivity index (χ1n) is 7.13. The van der Waals surface area contributed by atoms with Gasteiger partial charge in [-0.25, -0.2) is 13.9 Å². The van der Waals surface area contributed by atoms with E-state index in [1.807, 2.05) is 0 Å². The Labute approximate surface area is 131 Å². The molecule has 1 fully saturated rings. The number of amides is 2. The molecule has 3 N–H and O–H groups in total. The molecule has 0 atom stereocenters. The van der Waals surface area contributed by atoms with Crippen molar-refractivity contribution in [1.82, 2.24) is 15.1 Å². The van der Waals surface area contributed by atoms with Gasteiger partial charge < -0.3 is 10.4 Å². The predicted molar refractivity (Wildman–Crippen MR) is 79.8 cm³/mol. The fourth-order valence-corrected chi connectivity index (χ4v) is 2.46. The Morgan fingerprint density at radius 3 is 2.57 bits per heavy atom. The molecule has 1 aliphatic carbocycles. The minimum Gasteiger partial charge on any atom is -0.481 e. The zero-order chi connectivity index (χ0) is 16.4. The molecule has 0 saturated heterocycles. The van der Waals surface area contributed by atoms with E-state index in [1.54, 1.807) is 18.2 Å². The summed E-state index contributed by atoms with van der Waals surface area (Å²) in [6.07, 6.45) is 2.38. The van der Waals surface area contributed by atoms with Crippen LogP contribution in [0.15, 0.2) is 36.5 Å². The molecule has 7 nitrogen and oxygen atoms in total. The Morgan fingerprint density at radius 1 is 1.22 bits per heavy atom. The van der Waals surface area contributed by atoms with Crippen LogP contribution in [0.1, 0.15) is 12.8 Å². The number of aliphatic carboxylic acids is 1. The number of rotatable bonds is 4. The molecule has 3 rings (SSSR count). The molecule has 120 valence electrons. The van der Waals surface area contributed by atoms with Gasteiger partial charge in [-0.15, -0.1) is 0 Å². The first kappa shape index (κ1) is 15.0. The van der Waals surface area contributed by atoms with Crippen LogP contribution >= 0.6 is 0 Å². The molecule has 2 amide bonds. The largest absolute Gasteiger partial charge is 0.481 e. The highest BCUT2D eigenvalue weighted by atomic mass is 19.1. The van der Waals surface area contributed by atoms with Gasteiger partial charge in [0, 0.05) is 12.1 Å². The van der Waals surface area contributed by atoms with E-state index in [9.17, 15) is 14.0 Å². The van der Waals surface area contributed by atoms with Gasteiger partial charge in [0.1, 0.15) is 11.6 Å². The van der Waals surface area contributed by atoms with Crippen molar-refractivity contribution in [2.45, 2.75) is 18.9 Å². The van der Waals surface area contributed by atoms with Crippen molar-refractivity contribution in [2.24, 2.45) is 5.92 Å². The van der Waals surface area contributed by atoms with Gasteiger partial charge in [0.05, 0.1) is 17.8 Å². The molecular weight excluding hydrogens is 303 g/mol. The normalized spacial score (nSPS) is 19.7. The summed E-state index contributed by atoms with van der Waals surface area (Å²) >= 11 is 0.